The van der Waals surface area contributed by atoms with E-state index in [0.717, 1.165) is 45.7 Å². The van der Waals surface area contributed by atoms with E-state index < -0.39 is 0 Å². The number of rotatable bonds is 4. The van der Waals surface area contributed by atoms with Crippen LogP contribution in [0.2, 0.25) is 0 Å². The topological polar surface area (TPSA) is 43.6 Å². The van der Waals surface area contributed by atoms with Crippen LogP contribution in [0.1, 0.15) is 22.7 Å². The third-order valence-electron chi connectivity index (χ3n) is 11.5. The molecule has 0 unspecified atom stereocenters. The van der Waals surface area contributed by atoms with Crippen molar-refractivity contribution in [2.24, 2.45) is 0 Å². The van der Waals surface area contributed by atoms with E-state index in [1.165, 1.54) is 64.2 Å². The van der Waals surface area contributed by atoms with Crippen molar-refractivity contribution in [3.05, 3.63) is 186 Å². The molecule has 0 amide bonds. The highest BCUT2D eigenvalue weighted by Gasteiger charge is 2.30. The number of para-hydroxylation sites is 1. The highest BCUT2D eigenvalue weighted by atomic mass is 32.1. The lowest BCUT2D eigenvalue weighted by Gasteiger charge is -2.23. The lowest BCUT2D eigenvalue weighted by molar-refractivity contribution is 0.942. The Morgan fingerprint density at radius 3 is 1.93 bits per heavy atom. The molecule has 1 aliphatic carbocycles. The van der Waals surface area contributed by atoms with Gasteiger partial charge in [-0.15, -0.1) is 11.3 Å². The summed E-state index contributed by atoms with van der Waals surface area (Å²) in [5, 5.41) is 10.9. The fraction of sp³-hybridized carbons (Fsp3) is 0.0392. The summed E-state index contributed by atoms with van der Waals surface area (Å²) in [6.45, 7) is 0. The van der Waals surface area contributed by atoms with Gasteiger partial charge in [0.25, 0.3) is 0 Å². The zero-order valence-corrected chi connectivity index (χ0v) is 31.1. The van der Waals surface area contributed by atoms with Gasteiger partial charge in [-0.25, -0.2) is 15.0 Å². The summed E-state index contributed by atoms with van der Waals surface area (Å²) in [5.74, 6) is 2.03. The minimum atomic E-state index is 0.664. The van der Waals surface area contributed by atoms with E-state index in [4.69, 9.17) is 15.0 Å². The van der Waals surface area contributed by atoms with E-state index in [-0.39, 0.29) is 0 Å². The van der Waals surface area contributed by atoms with Crippen LogP contribution in [0.5, 0.6) is 0 Å². The summed E-state index contributed by atoms with van der Waals surface area (Å²) in [6, 6.07) is 61.0. The van der Waals surface area contributed by atoms with Gasteiger partial charge in [0, 0.05) is 37.2 Å². The second kappa shape index (κ2) is 12.3. The summed E-state index contributed by atoms with van der Waals surface area (Å²) in [7, 11) is 0. The maximum Gasteiger partial charge on any atom is 0.167 e. The molecule has 0 atom stereocenters. The Hall–Kier alpha value is -6.95. The van der Waals surface area contributed by atoms with Crippen LogP contribution in [0.15, 0.2) is 170 Å². The molecule has 12 rings (SSSR count). The summed E-state index contributed by atoms with van der Waals surface area (Å²) >= 11 is 1.85. The quantitative estimate of drug-likeness (QED) is 0.181. The fourth-order valence-electron chi connectivity index (χ4n) is 8.93. The normalized spacial score (nSPS) is 13.1. The van der Waals surface area contributed by atoms with E-state index in [0.29, 0.717) is 17.5 Å². The molecule has 5 heteroatoms. The average molecular weight is 733 g/mol. The van der Waals surface area contributed by atoms with Crippen LogP contribution >= 0.6 is 11.3 Å². The van der Waals surface area contributed by atoms with Crippen molar-refractivity contribution >= 4 is 86.8 Å². The minimum Gasteiger partial charge on any atom is -0.312 e. The summed E-state index contributed by atoms with van der Waals surface area (Å²) in [6.07, 6.45) is 1.77. The van der Waals surface area contributed by atoms with E-state index in [1.807, 2.05) is 11.3 Å². The van der Waals surface area contributed by atoms with Gasteiger partial charge in [0.1, 0.15) is 0 Å². The van der Waals surface area contributed by atoms with Gasteiger partial charge in [0.2, 0.25) is 0 Å². The van der Waals surface area contributed by atoms with Crippen molar-refractivity contribution < 1.29 is 0 Å². The van der Waals surface area contributed by atoms with Crippen LogP contribution in [0, 0.1) is 0 Å². The predicted octanol–water partition coefficient (Wildman–Crippen LogP) is 13.4. The van der Waals surface area contributed by atoms with Crippen molar-refractivity contribution in [3.8, 4) is 22.8 Å². The number of nitrogens with zero attached hydrogens (tertiary/aromatic N) is 4. The lowest BCUT2D eigenvalue weighted by atomic mass is 9.92. The molecule has 0 radical (unpaired) electrons. The molecule has 0 fully saturated rings. The molecule has 3 aromatic heterocycles. The number of hydrogen-bond donors (Lipinski definition) is 0. The van der Waals surface area contributed by atoms with Crippen molar-refractivity contribution in [2.75, 3.05) is 0 Å². The number of benzene rings is 8. The number of fused-ring (bicyclic) bond motifs is 9. The number of allylic oxidation sites excluding steroid dienone is 1. The number of thiophene rings is 1. The highest BCUT2D eigenvalue weighted by molar-refractivity contribution is 7.20. The first kappa shape index (κ1) is 31.4. The van der Waals surface area contributed by atoms with Gasteiger partial charge in [0.15, 0.2) is 17.5 Å². The van der Waals surface area contributed by atoms with Gasteiger partial charge >= 0.3 is 0 Å². The molecule has 3 heterocycles. The monoisotopic (exact) mass is 732 g/mol. The zero-order valence-electron chi connectivity index (χ0n) is 30.3. The Morgan fingerprint density at radius 1 is 0.429 bits per heavy atom. The molecule has 56 heavy (non-hydrogen) atoms. The summed E-state index contributed by atoms with van der Waals surface area (Å²) in [5.41, 5.74) is 8.00. The molecular weight excluding hydrogens is 701 g/mol. The van der Waals surface area contributed by atoms with Crippen LogP contribution in [0.3, 0.4) is 0 Å². The Kier molecular flexibility index (Phi) is 6.89. The molecule has 0 aliphatic heterocycles. The minimum absolute atomic E-state index is 0.664. The highest BCUT2D eigenvalue weighted by Crippen LogP contribution is 2.48. The fourth-order valence-corrected chi connectivity index (χ4v) is 10.2. The second-order valence-corrected chi connectivity index (χ2v) is 15.7. The molecule has 262 valence electrons. The Morgan fingerprint density at radius 2 is 1.07 bits per heavy atom. The Labute approximate surface area is 326 Å². The average Bonchev–Trinajstić information content (AvgIpc) is 3.80. The number of hydrogen-bond acceptors (Lipinski definition) is 4. The van der Waals surface area contributed by atoms with Crippen LogP contribution < -0.4 is 0 Å². The molecule has 0 spiro atoms. The number of aromatic nitrogens is 4. The van der Waals surface area contributed by atoms with Gasteiger partial charge in [-0.2, -0.15) is 0 Å². The standard InChI is InChI=1S/C51H32N4S/c1-2-14-33-28-36(25-24-31(33)12-1)49-52-50(41-21-11-17-32-13-5-6-18-37(32)41)54-51(53-49)47-44(27-26-40-39-20-8-10-23-46(39)56-48(40)47)55-43-22-9-7-19-38(43)42-29-34-15-3-4-16-35(34)30-45(42)55/h1-25,28-30H,26-27H2. The van der Waals surface area contributed by atoms with Crippen molar-refractivity contribution in [2.45, 2.75) is 12.8 Å². The number of aryl methyl sites for hydroxylation is 1. The van der Waals surface area contributed by atoms with E-state index >= 15 is 0 Å². The van der Waals surface area contributed by atoms with Crippen LogP contribution in [-0.4, -0.2) is 19.5 Å². The molecule has 0 bridgehead atoms. The van der Waals surface area contributed by atoms with E-state index in [1.54, 1.807) is 0 Å². The first-order chi connectivity index (χ1) is 27.7. The predicted molar refractivity (Wildman–Crippen MR) is 235 cm³/mol. The first-order valence-corrected chi connectivity index (χ1v) is 20.0. The first-order valence-electron chi connectivity index (χ1n) is 19.2. The summed E-state index contributed by atoms with van der Waals surface area (Å²) in [4.78, 5) is 17.5. The van der Waals surface area contributed by atoms with Gasteiger partial charge in [0.05, 0.1) is 16.6 Å². The Balaban J connectivity index is 1.22. The van der Waals surface area contributed by atoms with Crippen LogP contribution in [0.4, 0.5) is 0 Å². The van der Waals surface area contributed by atoms with Gasteiger partial charge in [-0.3, -0.25) is 0 Å². The third-order valence-corrected chi connectivity index (χ3v) is 12.8. The second-order valence-electron chi connectivity index (χ2n) is 14.7. The largest absolute Gasteiger partial charge is 0.312 e. The molecule has 11 aromatic rings. The molecule has 4 nitrogen and oxygen atoms in total. The lowest BCUT2D eigenvalue weighted by Crippen LogP contribution is -2.12. The van der Waals surface area contributed by atoms with Gasteiger partial charge in [-0.1, -0.05) is 140 Å². The van der Waals surface area contributed by atoms with Crippen LogP contribution in [0.25, 0.3) is 98.3 Å². The molecule has 0 N–H and O–H groups in total. The van der Waals surface area contributed by atoms with E-state index in [9.17, 15) is 0 Å². The molecule has 8 aromatic carbocycles. The maximum atomic E-state index is 5.52. The van der Waals surface area contributed by atoms with Crippen LogP contribution in [-0.2, 0) is 6.42 Å². The Bertz CT molecular complexity index is 3440. The van der Waals surface area contributed by atoms with Crippen molar-refractivity contribution in [3.63, 3.8) is 0 Å². The smallest absolute Gasteiger partial charge is 0.167 e. The van der Waals surface area contributed by atoms with Crippen molar-refractivity contribution in [1.29, 1.82) is 0 Å². The summed E-state index contributed by atoms with van der Waals surface area (Å²) < 4.78 is 3.79. The molecule has 1 aliphatic rings. The molecular formula is C51H32N4S. The van der Waals surface area contributed by atoms with Gasteiger partial charge in [-0.05, 0) is 86.4 Å². The molecule has 0 saturated heterocycles. The SMILES string of the molecule is c1ccc2cc(-c3nc(C4=C(n5c6ccccc6c6cc7ccccc7cc65)CCc5c4sc4ccccc54)nc(-c4cccc5ccccc45)n3)ccc2c1. The zero-order chi connectivity index (χ0) is 36.7. The van der Waals surface area contributed by atoms with Crippen molar-refractivity contribution in [1.82, 2.24) is 19.5 Å². The van der Waals surface area contributed by atoms with Gasteiger partial charge < -0.3 is 4.57 Å². The molecule has 0 saturated carbocycles. The van der Waals surface area contributed by atoms with E-state index in [2.05, 4.69) is 174 Å². The third kappa shape index (κ3) is 4.81. The maximum absolute atomic E-state index is 5.52.